The number of phosphoric ester groups is 2. The molecule has 0 rings (SSSR count). The molecule has 3 unspecified atom stereocenters. The molecule has 0 radical (unpaired) electrons. The van der Waals surface area contributed by atoms with Gasteiger partial charge < -0.3 is 33.8 Å². The van der Waals surface area contributed by atoms with Crippen LogP contribution >= 0.6 is 15.6 Å². The van der Waals surface area contributed by atoms with E-state index in [9.17, 15) is 43.2 Å². The van der Waals surface area contributed by atoms with Crippen LogP contribution in [0.3, 0.4) is 0 Å². The first kappa shape index (κ1) is 87.1. The lowest BCUT2D eigenvalue weighted by Crippen LogP contribution is -2.30. The predicted octanol–water partition coefficient (Wildman–Crippen LogP) is 19.7. The van der Waals surface area contributed by atoms with Gasteiger partial charge in [0.25, 0.3) is 0 Å². The van der Waals surface area contributed by atoms with E-state index in [-0.39, 0.29) is 25.7 Å². The lowest BCUT2D eigenvalue weighted by Gasteiger charge is -2.21. The van der Waals surface area contributed by atoms with Crippen LogP contribution in [0.2, 0.25) is 0 Å². The Hall–Kier alpha value is -1.94. The number of ether oxygens (including phenoxy) is 4. The summed E-state index contributed by atoms with van der Waals surface area (Å²) in [4.78, 5) is 72.5. The molecule has 19 heteroatoms. The molecule has 17 nitrogen and oxygen atoms in total. The van der Waals surface area contributed by atoms with Crippen molar-refractivity contribution in [3.05, 3.63) is 0 Å². The molecule has 0 amide bonds. The van der Waals surface area contributed by atoms with Crippen LogP contribution in [0, 0.1) is 23.7 Å². The quantitative estimate of drug-likeness (QED) is 0.0222. The van der Waals surface area contributed by atoms with E-state index >= 15 is 0 Å². The summed E-state index contributed by atoms with van der Waals surface area (Å²) >= 11 is 0. The van der Waals surface area contributed by atoms with Gasteiger partial charge in [-0.1, -0.05) is 293 Å². The number of aliphatic hydroxyl groups excluding tert-OH is 1. The van der Waals surface area contributed by atoms with Crippen molar-refractivity contribution in [2.45, 2.75) is 363 Å². The summed E-state index contributed by atoms with van der Waals surface area (Å²) < 4.78 is 68.3. The number of hydrogen-bond donors (Lipinski definition) is 3. The van der Waals surface area contributed by atoms with Gasteiger partial charge in [0.15, 0.2) is 12.2 Å². The van der Waals surface area contributed by atoms with E-state index in [1.807, 2.05) is 0 Å². The molecule has 0 aromatic heterocycles. The Morgan fingerprint density at radius 3 is 0.697 bits per heavy atom. The van der Waals surface area contributed by atoms with E-state index in [1.54, 1.807) is 0 Å². The van der Waals surface area contributed by atoms with E-state index in [2.05, 4.69) is 55.4 Å². The van der Waals surface area contributed by atoms with Crippen LogP contribution < -0.4 is 0 Å². The molecule has 3 N–H and O–H groups in total. The van der Waals surface area contributed by atoms with Gasteiger partial charge in [0.1, 0.15) is 19.3 Å². The predicted molar refractivity (Wildman–Crippen MR) is 358 cm³/mol. The average Bonchev–Trinajstić information content (AvgIpc) is 3.66. The molecule has 89 heavy (non-hydrogen) atoms. The summed E-state index contributed by atoms with van der Waals surface area (Å²) in [6.07, 6.45) is 41.8. The van der Waals surface area contributed by atoms with Crippen molar-refractivity contribution in [1.82, 2.24) is 0 Å². The van der Waals surface area contributed by atoms with Gasteiger partial charge in [0.05, 0.1) is 26.4 Å². The topological polar surface area (TPSA) is 237 Å². The molecular weight excluding hydrogens is 1170 g/mol. The Morgan fingerprint density at radius 2 is 0.472 bits per heavy atom. The number of rotatable bonds is 67. The Bertz CT molecular complexity index is 1760. The van der Waals surface area contributed by atoms with Crippen LogP contribution in [0.1, 0.15) is 344 Å². The summed E-state index contributed by atoms with van der Waals surface area (Å²) in [5.74, 6) is 0.821. The van der Waals surface area contributed by atoms with Crippen molar-refractivity contribution in [1.29, 1.82) is 0 Å². The molecule has 0 fully saturated rings. The van der Waals surface area contributed by atoms with Gasteiger partial charge in [0.2, 0.25) is 0 Å². The molecule has 5 atom stereocenters. The monoisotopic (exact) mass is 1310 g/mol. The fraction of sp³-hybridized carbons (Fsp3) is 0.943. The van der Waals surface area contributed by atoms with Crippen molar-refractivity contribution in [3.8, 4) is 0 Å². The number of phosphoric acid groups is 2. The fourth-order valence-electron chi connectivity index (χ4n) is 10.5. The third-order valence-electron chi connectivity index (χ3n) is 16.1. The Morgan fingerprint density at radius 1 is 0.281 bits per heavy atom. The normalized spacial score (nSPS) is 14.3. The van der Waals surface area contributed by atoms with Crippen LogP contribution in [0.5, 0.6) is 0 Å². The number of hydrogen-bond acceptors (Lipinski definition) is 15. The number of carbonyl (C=O) groups is 4. The van der Waals surface area contributed by atoms with E-state index in [4.69, 9.17) is 37.0 Å². The fourth-order valence-corrected chi connectivity index (χ4v) is 12.1. The van der Waals surface area contributed by atoms with Crippen molar-refractivity contribution in [3.63, 3.8) is 0 Å². The second-order valence-corrected chi connectivity index (χ2v) is 30.1. The molecule has 0 bridgehead atoms. The van der Waals surface area contributed by atoms with E-state index < -0.39 is 97.5 Å². The van der Waals surface area contributed by atoms with Crippen molar-refractivity contribution < 1.29 is 80.2 Å². The van der Waals surface area contributed by atoms with Crippen LogP contribution in [0.4, 0.5) is 0 Å². The largest absolute Gasteiger partial charge is 0.472 e. The Balaban J connectivity index is 5.25. The summed E-state index contributed by atoms with van der Waals surface area (Å²) in [6.45, 7) is 14.0. The van der Waals surface area contributed by atoms with Gasteiger partial charge in [-0.15, -0.1) is 0 Å². The molecule has 0 spiro atoms. The molecular formula is C70H136O17P2. The van der Waals surface area contributed by atoms with Gasteiger partial charge in [0, 0.05) is 25.7 Å². The van der Waals surface area contributed by atoms with Gasteiger partial charge in [-0.05, 0) is 49.4 Å². The average molecular weight is 1310 g/mol. The SMILES string of the molecule is CC(C)CCCCCCCCCCCCCCCC(=O)O[C@H](COC(=O)CCCCCCCCCCCC(C)C)COP(=O)(O)OCC(O)COP(=O)(O)OC[C@@H](COC(=O)CCCCCCCCCCC(C)C)OC(=O)CCCCCCCCCC(C)C. The van der Waals surface area contributed by atoms with Gasteiger partial charge in [-0.2, -0.15) is 0 Å². The minimum atomic E-state index is -4.95. The summed E-state index contributed by atoms with van der Waals surface area (Å²) in [6, 6.07) is 0. The standard InChI is InChI=1S/C70H136O17P2/c1-60(2)46-38-30-22-15-12-10-9-11-13-17-28-36-44-52-69(74)86-65(56-80-67(72)50-42-34-26-18-14-16-23-31-39-47-61(3)4)58-84-88(76,77)82-54-64(71)55-83-89(78,79)85-59-66(87-70(75)53-45-37-29-21-25-33-41-49-63(7)8)57-81-68(73)51-43-35-27-20-19-24-32-40-48-62(5)6/h60-66,71H,9-59H2,1-8H3,(H,76,77)(H,78,79)/t64?,65-,66-/m1/s1. The lowest BCUT2D eigenvalue weighted by atomic mass is 10.0. The Kier molecular flexibility index (Phi) is 58.5. The van der Waals surface area contributed by atoms with Crippen LogP contribution in [0.15, 0.2) is 0 Å². The molecule has 0 aliphatic rings. The summed E-state index contributed by atoms with van der Waals surface area (Å²) in [7, 11) is -9.90. The van der Waals surface area contributed by atoms with E-state index in [0.717, 1.165) is 108 Å². The second kappa shape index (κ2) is 59.8. The highest BCUT2D eigenvalue weighted by Crippen LogP contribution is 2.45. The zero-order chi connectivity index (χ0) is 66.1. The van der Waals surface area contributed by atoms with Crippen molar-refractivity contribution in [2.24, 2.45) is 23.7 Å². The van der Waals surface area contributed by atoms with Crippen LogP contribution in [-0.4, -0.2) is 96.7 Å². The number of esters is 4. The maximum atomic E-state index is 13.0. The van der Waals surface area contributed by atoms with Crippen LogP contribution in [-0.2, 0) is 65.4 Å². The Labute approximate surface area is 543 Å². The molecule has 0 aromatic carbocycles. The summed E-state index contributed by atoms with van der Waals surface area (Å²) in [5.41, 5.74) is 0. The van der Waals surface area contributed by atoms with E-state index in [0.29, 0.717) is 31.6 Å². The molecule has 0 aliphatic heterocycles. The third kappa shape index (κ3) is 64.6. The smallest absolute Gasteiger partial charge is 0.462 e. The molecule has 0 saturated heterocycles. The molecule has 0 heterocycles. The lowest BCUT2D eigenvalue weighted by molar-refractivity contribution is -0.161. The van der Waals surface area contributed by atoms with Crippen molar-refractivity contribution in [2.75, 3.05) is 39.6 Å². The zero-order valence-corrected chi connectivity index (χ0v) is 59.8. The first-order chi connectivity index (χ1) is 42.6. The molecule has 0 saturated carbocycles. The highest BCUT2D eigenvalue weighted by Gasteiger charge is 2.30. The molecule has 0 aliphatic carbocycles. The van der Waals surface area contributed by atoms with Crippen LogP contribution in [0.25, 0.3) is 0 Å². The highest BCUT2D eigenvalue weighted by atomic mass is 31.2. The maximum Gasteiger partial charge on any atom is 0.472 e. The second-order valence-electron chi connectivity index (χ2n) is 27.2. The first-order valence-electron chi connectivity index (χ1n) is 36.2. The van der Waals surface area contributed by atoms with E-state index in [1.165, 1.54) is 148 Å². The number of unbranched alkanes of at least 4 members (excludes halogenated alkanes) is 33. The van der Waals surface area contributed by atoms with Gasteiger partial charge >= 0.3 is 39.5 Å². The minimum absolute atomic E-state index is 0.102. The maximum absolute atomic E-state index is 13.0. The number of carbonyl (C=O) groups excluding carboxylic acids is 4. The van der Waals surface area contributed by atoms with Gasteiger partial charge in [-0.25, -0.2) is 9.13 Å². The van der Waals surface area contributed by atoms with Gasteiger partial charge in [-0.3, -0.25) is 37.3 Å². The number of aliphatic hydroxyl groups is 1. The first-order valence-corrected chi connectivity index (χ1v) is 39.2. The zero-order valence-electron chi connectivity index (χ0n) is 58.1. The highest BCUT2D eigenvalue weighted by molar-refractivity contribution is 7.47. The third-order valence-corrected chi connectivity index (χ3v) is 18.0. The molecule has 528 valence electrons. The minimum Gasteiger partial charge on any atom is -0.462 e. The molecule has 0 aromatic rings. The summed E-state index contributed by atoms with van der Waals surface area (Å²) in [5, 5.41) is 10.6. The van der Waals surface area contributed by atoms with Crippen molar-refractivity contribution >= 4 is 39.5 Å².